The van der Waals surface area contributed by atoms with E-state index in [1.807, 2.05) is 0 Å². The molecule has 8 aromatic carbocycles. The number of fused-ring (bicyclic) bond motifs is 9. The molecule has 0 unspecified atom stereocenters. The zero-order chi connectivity index (χ0) is 33.9. The lowest BCUT2D eigenvalue weighted by Gasteiger charge is -2.49. The molecule has 240 valence electrons. The van der Waals surface area contributed by atoms with Gasteiger partial charge in [0.05, 0.1) is 16.7 Å². The summed E-state index contributed by atoms with van der Waals surface area (Å²) in [5, 5.41) is 2.55. The number of para-hydroxylation sites is 4. The molecule has 4 heteroatoms. The van der Waals surface area contributed by atoms with Crippen LogP contribution in [0.3, 0.4) is 0 Å². The van der Waals surface area contributed by atoms with Gasteiger partial charge in [-0.05, 0) is 82.2 Å². The van der Waals surface area contributed by atoms with E-state index in [9.17, 15) is 0 Å². The predicted octanol–water partition coefficient (Wildman–Crippen LogP) is 11.1. The van der Waals surface area contributed by atoms with E-state index in [0.717, 1.165) is 0 Å². The number of benzene rings is 8. The number of aromatic nitrogens is 1. The Kier molecular flexibility index (Phi) is 5.58. The van der Waals surface area contributed by atoms with Crippen LogP contribution < -0.4 is 20.6 Å². The van der Waals surface area contributed by atoms with Gasteiger partial charge in [-0.1, -0.05) is 127 Å². The van der Waals surface area contributed by atoms with Gasteiger partial charge in [-0.3, -0.25) is 0 Å². The Hall–Kier alpha value is -6.78. The predicted molar refractivity (Wildman–Crippen MR) is 219 cm³/mol. The number of rotatable bonds is 3. The van der Waals surface area contributed by atoms with Crippen LogP contribution >= 0.6 is 0 Å². The summed E-state index contributed by atoms with van der Waals surface area (Å²) in [5.74, 6) is 0. The van der Waals surface area contributed by atoms with E-state index in [1.165, 1.54) is 100 Å². The molecule has 52 heavy (non-hydrogen) atoms. The second-order valence-corrected chi connectivity index (χ2v) is 14.1. The molecule has 0 N–H and O–H groups in total. The lowest BCUT2D eigenvalue weighted by Crippen LogP contribution is -2.63. The minimum absolute atomic E-state index is 0.0408. The molecule has 0 saturated heterocycles. The fraction of sp³-hybridized carbons (Fsp3) is 0. The Morgan fingerprint density at radius 3 is 1.58 bits per heavy atom. The molecule has 3 aliphatic rings. The summed E-state index contributed by atoms with van der Waals surface area (Å²) in [7, 11) is 0. The van der Waals surface area contributed by atoms with Gasteiger partial charge in [-0.2, -0.15) is 0 Å². The molecule has 9 aromatic rings. The molecule has 0 atom stereocenters. The Bertz CT molecular complexity index is 2890. The first-order valence-corrected chi connectivity index (χ1v) is 18.1. The van der Waals surface area contributed by atoms with Gasteiger partial charge in [0, 0.05) is 55.9 Å². The highest BCUT2D eigenvalue weighted by molar-refractivity contribution is 6.95. The fourth-order valence-corrected chi connectivity index (χ4v) is 9.47. The van der Waals surface area contributed by atoms with Crippen LogP contribution in [0.15, 0.2) is 182 Å². The van der Waals surface area contributed by atoms with Crippen molar-refractivity contribution in [2.24, 2.45) is 0 Å². The van der Waals surface area contributed by atoms with E-state index < -0.39 is 0 Å². The van der Waals surface area contributed by atoms with E-state index in [1.54, 1.807) is 0 Å². The maximum absolute atomic E-state index is 2.62. The van der Waals surface area contributed by atoms with Gasteiger partial charge in [0.2, 0.25) is 0 Å². The molecule has 0 fully saturated rings. The molecule has 0 saturated carbocycles. The Morgan fingerprint density at radius 1 is 0.346 bits per heavy atom. The second kappa shape index (κ2) is 10.4. The quantitative estimate of drug-likeness (QED) is 0.175. The van der Waals surface area contributed by atoms with Crippen molar-refractivity contribution in [2.45, 2.75) is 0 Å². The minimum atomic E-state index is 0.0408. The zero-order valence-electron chi connectivity index (χ0n) is 28.2. The maximum atomic E-state index is 2.62. The largest absolute Gasteiger partial charge is 0.376 e. The summed E-state index contributed by atoms with van der Waals surface area (Å²) in [6.45, 7) is 0.0408. The molecule has 4 heterocycles. The SMILES string of the molecule is c1ccc(-c2ccccc2N2c3cccc4c3B3c5c(cccc52)-c2cc(-n5c6ccccc6c6ccccc65)ccc2N3c2ccccc2-4)cc1. The van der Waals surface area contributed by atoms with Crippen molar-refractivity contribution >= 4 is 68.0 Å². The van der Waals surface area contributed by atoms with E-state index >= 15 is 0 Å². The molecule has 1 aromatic heterocycles. The van der Waals surface area contributed by atoms with Crippen molar-refractivity contribution in [3.63, 3.8) is 0 Å². The average molecular weight is 660 g/mol. The third-order valence-corrected chi connectivity index (χ3v) is 11.5. The number of nitrogens with zero attached hydrogens (tertiary/aromatic N) is 3. The minimum Gasteiger partial charge on any atom is -0.376 e. The first-order chi connectivity index (χ1) is 25.8. The molecule has 12 rings (SSSR count). The van der Waals surface area contributed by atoms with Crippen molar-refractivity contribution in [2.75, 3.05) is 9.71 Å². The van der Waals surface area contributed by atoms with Crippen LogP contribution in [-0.4, -0.2) is 11.4 Å². The van der Waals surface area contributed by atoms with Crippen molar-refractivity contribution in [3.05, 3.63) is 182 Å². The molecule has 3 nitrogen and oxygen atoms in total. The monoisotopic (exact) mass is 659 g/mol. The first kappa shape index (κ1) is 28.0. The molecule has 0 radical (unpaired) electrons. The number of anilines is 5. The van der Waals surface area contributed by atoms with Gasteiger partial charge >= 0.3 is 6.85 Å². The second-order valence-electron chi connectivity index (χ2n) is 14.1. The molecular weight excluding hydrogens is 629 g/mol. The van der Waals surface area contributed by atoms with Crippen LogP contribution in [-0.2, 0) is 0 Å². The Balaban J connectivity index is 1.18. The lowest BCUT2D eigenvalue weighted by molar-refractivity contribution is 1.18. The number of hydrogen-bond acceptors (Lipinski definition) is 2. The normalized spacial score (nSPS) is 13.3. The van der Waals surface area contributed by atoms with E-state index in [2.05, 4.69) is 196 Å². The van der Waals surface area contributed by atoms with Crippen LogP contribution in [0.4, 0.5) is 28.4 Å². The lowest BCUT2D eigenvalue weighted by atomic mass is 9.41. The van der Waals surface area contributed by atoms with Crippen LogP contribution in [0, 0.1) is 0 Å². The smallest absolute Gasteiger partial charge is 0.333 e. The maximum Gasteiger partial charge on any atom is 0.333 e. The molecular formula is C48H30BN3. The molecule has 0 aliphatic carbocycles. The van der Waals surface area contributed by atoms with Crippen molar-refractivity contribution in [3.8, 4) is 39.1 Å². The third-order valence-electron chi connectivity index (χ3n) is 11.5. The average Bonchev–Trinajstić information content (AvgIpc) is 3.55. The van der Waals surface area contributed by atoms with Crippen LogP contribution in [0.5, 0.6) is 0 Å². The van der Waals surface area contributed by atoms with Gasteiger partial charge in [0.25, 0.3) is 0 Å². The van der Waals surface area contributed by atoms with Crippen LogP contribution in [0.1, 0.15) is 0 Å². The standard InChI is InChI=1S/C48H30BN3/c1-2-14-31(15-3-1)33-16-4-8-22-40(33)51-45-26-12-20-37-36-19-7-11-25-43(36)52-44-29-28-32(30-39(44)38-21-13-27-46(51)48(38)49(52)47(37)45)50-41-23-9-5-17-34(41)35-18-6-10-24-42(35)50/h1-30H. The summed E-state index contributed by atoms with van der Waals surface area (Å²) in [6.07, 6.45) is 0. The molecule has 0 amide bonds. The summed E-state index contributed by atoms with van der Waals surface area (Å²) in [4.78, 5) is 5.16. The van der Waals surface area contributed by atoms with Crippen molar-refractivity contribution in [1.29, 1.82) is 0 Å². The summed E-state index contributed by atoms with van der Waals surface area (Å²) >= 11 is 0. The third kappa shape index (κ3) is 3.60. The molecule has 0 spiro atoms. The van der Waals surface area contributed by atoms with Crippen LogP contribution in [0.25, 0.3) is 60.9 Å². The first-order valence-electron chi connectivity index (χ1n) is 18.1. The number of hydrogen-bond donors (Lipinski definition) is 0. The van der Waals surface area contributed by atoms with Crippen molar-refractivity contribution < 1.29 is 0 Å². The van der Waals surface area contributed by atoms with E-state index in [-0.39, 0.29) is 6.85 Å². The summed E-state index contributed by atoms with van der Waals surface area (Å²) < 4.78 is 2.44. The molecule has 0 bridgehead atoms. The fourth-order valence-electron chi connectivity index (χ4n) is 9.47. The topological polar surface area (TPSA) is 11.4 Å². The summed E-state index contributed by atoms with van der Waals surface area (Å²) in [6, 6.07) is 67.1. The Morgan fingerprint density at radius 2 is 0.865 bits per heavy atom. The van der Waals surface area contributed by atoms with E-state index in [4.69, 9.17) is 0 Å². The highest BCUT2D eigenvalue weighted by atomic mass is 15.2. The highest BCUT2D eigenvalue weighted by Gasteiger charge is 2.48. The van der Waals surface area contributed by atoms with Crippen molar-refractivity contribution in [1.82, 2.24) is 4.57 Å². The van der Waals surface area contributed by atoms with Gasteiger partial charge in [-0.15, -0.1) is 0 Å². The van der Waals surface area contributed by atoms with Gasteiger partial charge in [0.1, 0.15) is 0 Å². The van der Waals surface area contributed by atoms with E-state index in [0.29, 0.717) is 0 Å². The molecule has 3 aliphatic heterocycles. The zero-order valence-corrected chi connectivity index (χ0v) is 28.2. The van der Waals surface area contributed by atoms with Gasteiger partial charge < -0.3 is 14.3 Å². The van der Waals surface area contributed by atoms with Crippen LogP contribution in [0.2, 0.25) is 0 Å². The Labute approximate surface area is 302 Å². The highest BCUT2D eigenvalue weighted by Crippen LogP contribution is 2.52. The van der Waals surface area contributed by atoms with Gasteiger partial charge in [0.15, 0.2) is 0 Å². The van der Waals surface area contributed by atoms with Gasteiger partial charge in [-0.25, -0.2) is 0 Å². The summed E-state index contributed by atoms with van der Waals surface area (Å²) in [5.41, 5.74) is 20.0.